The van der Waals surface area contributed by atoms with E-state index < -0.39 is 0 Å². The van der Waals surface area contributed by atoms with Crippen molar-refractivity contribution in [2.24, 2.45) is 29.1 Å². The molecule has 5 aliphatic rings. The van der Waals surface area contributed by atoms with Crippen molar-refractivity contribution in [2.75, 3.05) is 7.05 Å². The SMILES string of the molecule is CNC1C2CC3CC1CC(C1CCCCC1)(C3)C2. The minimum atomic E-state index is 0.810. The van der Waals surface area contributed by atoms with Crippen molar-refractivity contribution in [1.29, 1.82) is 0 Å². The summed E-state index contributed by atoms with van der Waals surface area (Å²) in [4.78, 5) is 0. The summed E-state index contributed by atoms with van der Waals surface area (Å²) in [6.07, 6.45) is 15.6. The van der Waals surface area contributed by atoms with E-state index in [2.05, 4.69) is 12.4 Å². The fourth-order valence-corrected chi connectivity index (χ4v) is 6.77. The molecule has 1 N–H and O–H groups in total. The summed E-state index contributed by atoms with van der Waals surface area (Å²) in [5.41, 5.74) is 0.810. The summed E-state index contributed by atoms with van der Waals surface area (Å²) in [6, 6.07) is 0.873. The van der Waals surface area contributed by atoms with Crippen LogP contribution in [0.3, 0.4) is 0 Å². The second-order valence-corrected chi connectivity index (χ2v) is 7.98. The summed E-state index contributed by atoms with van der Waals surface area (Å²) in [6.45, 7) is 0. The fraction of sp³-hybridized carbons (Fsp3) is 1.00. The molecule has 2 atom stereocenters. The molecule has 18 heavy (non-hydrogen) atoms. The van der Waals surface area contributed by atoms with Crippen molar-refractivity contribution < 1.29 is 0 Å². The lowest BCUT2D eigenvalue weighted by Gasteiger charge is -2.63. The molecule has 0 aromatic rings. The Hall–Kier alpha value is -0.0400. The summed E-state index contributed by atoms with van der Waals surface area (Å²) in [5, 5.41) is 3.67. The van der Waals surface area contributed by atoms with E-state index in [4.69, 9.17) is 0 Å². The van der Waals surface area contributed by atoms with E-state index in [1.165, 1.54) is 19.3 Å². The van der Waals surface area contributed by atoms with Crippen LogP contribution in [0.2, 0.25) is 0 Å². The molecule has 4 bridgehead atoms. The summed E-state index contributed by atoms with van der Waals surface area (Å²) in [7, 11) is 2.21. The van der Waals surface area contributed by atoms with E-state index >= 15 is 0 Å². The fourth-order valence-electron chi connectivity index (χ4n) is 6.77. The highest BCUT2D eigenvalue weighted by Gasteiger charge is 2.57. The maximum Gasteiger partial charge on any atom is 0.0121 e. The van der Waals surface area contributed by atoms with Gasteiger partial charge in [-0.15, -0.1) is 0 Å². The highest BCUT2D eigenvalue weighted by Crippen LogP contribution is 2.64. The van der Waals surface area contributed by atoms with Gasteiger partial charge >= 0.3 is 0 Å². The van der Waals surface area contributed by atoms with Gasteiger partial charge in [0.05, 0.1) is 0 Å². The minimum absolute atomic E-state index is 0.810. The first-order valence-electron chi connectivity index (χ1n) is 8.48. The third kappa shape index (κ3) is 1.62. The first-order chi connectivity index (χ1) is 8.81. The Labute approximate surface area is 112 Å². The summed E-state index contributed by atoms with van der Waals surface area (Å²) >= 11 is 0. The topological polar surface area (TPSA) is 12.0 Å². The Balaban J connectivity index is 1.59. The van der Waals surface area contributed by atoms with Gasteiger partial charge in [0, 0.05) is 6.04 Å². The molecule has 5 fully saturated rings. The maximum atomic E-state index is 3.67. The first kappa shape index (κ1) is 11.8. The van der Waals surface area contributed by atoms with Gasteiger partial charge in [0.2, 0.25) is 0 Å². The highest BCUT2D eigenvalue weighted by atomic mass is 14.9. The molecule has 0 amide bonds. The van der Waals surface area contributed by atoms with E-state index in [1.807, 2.05) is 0 Å². The van der Waals surface area contributed by atoms with Crippen LogP contribution in [0.5, 0.6) is 0 Å². The smallest absolute Gasteiger partial charge is 0.0121 e. The molecule has 0 saturated heterocycles. The highest BCUT2D eigenvalue weighted by molar-refractivity contribution is 5.09. The zero-order valence-corrected chi connectivity index (χ0v) is 12.0. The molecule has 0 aromatic heterocycles. The van der Waals surface area contributed by atoms with E-state index in [1.54, 1.807) is 44.9 Å². The van der Waals surface area contributed by atoms with Crippen LogP contribution in [0, 0.1) is 29.1 Å². The Morgan fingerprint density at radius 1 is 0.889 bits per heavy atom. The second kappa shape index (κ2) is 4.23. The van der Waals surface area contributed by atoms with Gasteiger partial charge in [0.25, 0.3) is 0 Å². The quantitative estimate of drug-likeness (QED) is 0.778. The number of hydrogen-bond acceptors (Lipinski definition) is 1. The largest absolute Gasteiger partial charge is 0.316 e. The van der Waals surface area contributed by atoms with Crippen LogP contribution < -0.4 is 5.32 Å². The van der Waals surface area contributed by atoms with Gasteiger partial charge < -0.3 is 5.32 Å². The van der Waals surface area contributed by atoms with Crippen molar-refractivity contribution >= 4 is 0 Å². The van der Waals surface area contributed by atoms with Crippen LogP contribution in [-0.2, 0) is 0 Å². The third-order valence-electron chi connectivity index (χ3n) is 7.13. The molecule has 2 unspecified atom stereocenters. The zero-order valence-electron chi connectivity index (χ0n) is 12.0. The van der Waals surface area contributed by atoms with Gasteiger partial charge in [-0.25, -0.2) is 0 Å². The lowest BCUT2D eigenvalue weighted by atomic mass is 9.44. The molecule has 0 aliphatic heterocycles. The number of rotatable bonds is 2. The lowest BCUT2D eigenvalue weighted by molar-refractivity contribution is -0.112. The Kier molecular flexibility index (Phi) is 2.76. The lowest BCUT2D eigenvalue weighted by Crippen LogP contribution is -2.59. The summed E-state index contributed by atoms with van der Waals surface area (Å²) < 4.78 is 0. The van der Waals surface area contributed by atoms with Gasteiger partial charge in [-0.3, -0.25) is 0 Å². The Morgan fingerprint density at radius 2 is 1.56 bits per heavy atom. The molecule has 0 heterocycles. The average Bonchev–Trinajstić information content (AvgIpc) is 2.39. The predicted octanol–water partition coefficient (Wildman–Crippen LogP) is 3.98. The standard InChI is InChI=1S/C17H29N/c1-18-16-13-7-12-8-14(16)11-17(9-12,10-13)15-5-3-2-4-6-15/h12-16,18H,2-11H2,1H3. The normalized spacial score (nSPS) is 51.8. The maximum absolute atomic E-state index is 3.67. The van der Waals surface area contributed by atoms with Gasteiger partial charge in [0.15, 0.2) is 0 Å². The van der Waals surface area contributed by atoms with Crippen LogP contribution in [0.15, 0.2) is 0 Å². The molecule has 102 valence electrons. The van der Waals surface area contributed by atoms with Gasteiger partial charge in [-0.2, -0.15) is 0 Å². The molecule has 5 aliphatic carbocycles. The van der Waals surface area contributed by atoms with Crippen LogP contribution >= 0.6 is 0 Å². The monoisotopic (exact) mass is 247 g/mol. The molecule has 5 saturated carbocycles. The summed E-state index contributed by atoms with van der Waals surface area (Å²) in [5.74, 6) is 4.28. The zero-order chi connectivity index (χ0) is 12.2. The molecule has 1 nitrogen and oxygen atoms in total. The van der Waals surface area contributed by atoms with Gasteiger partial charge in [-0.05, 0) is 81.1 Å². The van der Waals surface area contributed by atoms with Crippen LogP contribution in [0.4, 0.5) is 0 Å². The third-order valence-corrected chi connectivity index (χ3v) is 7.13. The van der Waals surface area contributed by atoms with Crippen molar-refractivity contribution in [3.63, 3.8) is 0 Å². The van der Waals surface area contributed by atoms with Crippen molar-refractivity contribution in [2.45, 2.75) is 70.3 Å². The average molecular weight is 247 g/mol. The van der Waals surface area contributed by atoms with Crippen molar-refractivity contribution in [1.82, 2.24) is 5.32 Å². The first-order valence-corrected chi connectivity index (χ1v) is 8.48. The molecule has 5 rings (SSSR count). The molecule has 0 aromatic carbocycles. The van der Waals surface area contributed by atoms with E-state index in [0.29, 0.717) is 0 Å². The van der Waals surface area contributed by atoms with Crippen LogP contribution in [-0.4, -0.2) is 13.1 Å². The molecule has 0 spiro atoms. The molecule has 0 radical (unpaired) electrons. The number of nitrogens with one attached hydrogen (secondary N) is 1. The molecule has 1 heteroatoms. The van der Waals surface area contributed by atoms with Crippen LogP contribution in [0.1, 0.15) is 64.2 Å². The Bertz CT molecular complexity index is 302. The molecular formula is C17H29N. The predicted molar refractivity (Wildman–Crippen MR) is 75.4 cm³/mol. The van der Waals surface area contributed by atoms with Crippen molar-refractivity contribution in [3.05, 3.63) is 0 Å². The van der Waals surface area contributed by atoms with Crippen molar-refractivity contribution in [3.8, 4) is 0 Å². The van der Waals surface area contributed by atoms with E-state index in [0.717, 1.165) is 35.1 Å². The minimum Gasteiger partial charge on any atom is -0.316 e. The number of hydrogen-bond donors (Lipinski definition) is 1. The van der Waals surface area contributed by atoms with E-state index in [9.17, 15) is 0 Å². The second-order valence-electron chi connectivity index (χ2n) is 7.98. The van der Waals surface area contributed by atoms with Gasteiger partial charge in [-0.1, -0.05) is 19.3 Å². The van der Waals surface area contributed by atoms with E-state index in [-0.39, 0.29) is 0 Å². The Morgan fingerprint density at radius 3 is 2.17 bits per heavy atom. The molecular weight excluding hydrogens is 218 g/mol. The van der Waals surface area contributed by atoms with Gasteiger partial charge in [0.1, 0.15) is 0 Å². The van der Waals surface area contributed by atoms with Crippen LogP contribution in [0.25, 0.3) is 0 Å².